The van der Waals surface area contributed by atoms with Gasteiger partial charge in [0.15, 0.2) is 6.04 Å². The molecule has 1 aromatic heterocycles. The molecular formula is C13H16N4O2. The molecule has 0 saturated carbocycles. The molecule has 0 bridgehead atoms. The van der Waals surface area contributed by atoms with Gasteiger partial charge >= 0.3 is 5.97 Å². The van der Waals surface area contributed by atoms with Gasteiger partial charge in [-0.3, -0.25) is 0 Å². The number of carbonyl (C=O) groups is 1. The molecule has 1 atom stereocenters. The Balaban J connectivity index is 2.25. The molecule has 6 nitrogen and oxygen atoms in total. The highest BCUT2D eigenvalue weighted by Crippen LogP contribution is 2.19. The molecule has 100 valence electrons. The van der Waals surface area contributed by atoms with Crippen molar-refractivity contribution in [2.24, 2.45) is 0 Å². The summed E-state index contributed by atoms with van der Waals surface area (Å²) < 4.78 is 0. The standard InChI is InChI=1S/C13H16N4O2/c1-8(2)10-4-6-11(7-5-10)12-14-16-17(15-12)9(3)13(18)19/h4-9H,1-3H3,(H,18,19). The lowest BCUT2D eigenvalue weighted by molar-refractivity contribution is -0.141. The number of tetrazole rings is 1. The van der Waals surface area contributed by atoms with Gasteiger partial charge in [-0.2, -0.15) is 0 Å². The number of carboxylic acid groups (broad SMARTS) is 1. The first-order chi connectivity index (χ1) is 8.99. The molecule has 0 aliphatic heterocycles. The molecule has 2 rings (SSSR count). The van der Waals surface area contributed by atoms with E-state index in [1.54, 1.807) is 0 Å². The summed E-state index contributed by atoms with van der Waals surface area (Å²) in [5, 5.41) is 20.6. The lowest BCUT2D eigenvalue weighted by Crippen LogP contribution is -2.18. The number of benzene rings is 1. The van der Waals surface area contributed by atoms with Gasteiger partial charge < -0.3 is 5.11 Å². The average Bonchev–Trinajstić information content (AvgIpc) is 2.87. The van der Waals surface area contributed by atoms with Crippen LogP contribution in [0.4, 0.5) is 0 Å². The van der Waals surface area contributed by atoms with Crippen molar-refractivity contribution in [3.8, 4) is 11.4 Å². The predicted molar refractivity (Wildman–Crippen MR) is 69.7 cm³/mol. The topological polar surface area (TPSA) is 80.9 Å². The van der Waals surface area contributed by atoms with Gasteiger partial charge in [0.1, 0.15) is 0 Å². The van der Waals surface area contributed by atoms with Gasteiger partial charge in [-0.25, -0.2) is 4.79 Å². The fourth-order valence-electron chi connectivity index (χ4n) is 1.62. The normalized spacial score (nSPS) is 12.6. The Labute approximate surface area is 111 Å². The fourth-order valence-corrected chi connectivity index (χ4v) is 1.62. The minimum atomic E-state index is -0.987. The van der Waals surface area contributed by atoms with Crippen LogP contribution in [0.1, 0.15) is 38.3 Å². The third-order valence-electron chi connectivity index (χ3n) is 2.97. The Morgan fingerprint density at radius 3 is 2.37 bits per heavy atom. The van der Waals surface area contributed by atoms with Crippen molar-refractivity contribution in [3.63, 3.8) is 0 Å². The lowest BCUT2D eigenvalue weighted by Gasteiger charge is -2.05. The van der Waals surface area contributed by atoms with E-state index >= 15 is 0 Å². The summed E-state index contributed by atoms with van der Waals surface area (Å²) >= 11 is 0. The number of rotatable bonds is 4. The van der Waals surface area contributed by atoms with E-state index in [4.69, 9.17) is 5.11 Å². The van der Waals surface area contributed by atoms with Crippen molar-refractivity contribution in [2.45, 2.75) is 32.7 Å². The molecule has 2 aromatic rings. The van der Waals surface area contributed by atoms with Crippen molar-refractivity contribution < 1.29 is 9.90 Å². The summed E-state index contributed by atoms with van der Waals surface area (Å²) in [4.78, 5) is 11.9. The van der Waals surface area contributed by atoms with Gasteiger partial charge in [-0.1, -0.05) is 38.1 Å². The molecule has 0 saturated heterocycles. The molecule has 1 heterocycles. The first kappa shape index (κ1) is 13.2. The van der Waals surface area contributed by atoms with Crippen LogP contribution < -0.4 is 0 Å². The van der Waals surface area contributed by atoms with Crippen LogP contribution in [-0.4, -0.2) is 31.3 Å². The Hall–Kier alpha value is -2.24. The van der Waals surface area contributed by atoms with Crippen LogP contribution in [0.15, 0.2) is 24.3 Å². The summed E-state index contributed by atoms with van der Waals surface area (Å²) in [6.07, 6.45) is 0. The summed E-state index contributed by atoms with van der Waals surface area (Å²) in [7, 11) is 0. The quantitative estimate of drug-likeness (QED) is 0.910. The average molecular weight is 260 g/mol. The summed E-state index contributed by atoms with van der Waals surface area (Å²) in [6, 6.07) is 7.04. The minimum absolute atomic E-state index is 0.434. The predicted octanol–water partition coefficient (Wildman–Crippen LogP) is 2.11. The highest BCUT2D eigenvalue weighted by atomic mass is 16.4. The molecule has 6 heteroatoms. The molecule has 0 amide bonds. The van der Waals surface area contributed by atoms with Gasteiger partial charge in [0, 0.05) is 5.56 Å². The molecule has 0 aliphatic carbocycles. The van der Waals surface area contributed by atoms with E-state index in [0.29, 0.717) is 11.7 Å². The third kappa shape index (κ3) is 2.78. The maximum Gasteiger partial charge on any atom is 0.330 e. The second-order valence-electron chi connectivity index (χ2n) is 4.72. The van der Waals surface area contributed by atoms with Gasteiger partial charge in [0.2, 0.25) is 5.82 Å². The second kappa shape index (κ2) is 5.17. The highest BCUT2D eigenvalue weighted by Gasteiger charge is 2.17. The van der Waals surface area contributed by atoms with E-state index < -0.39 is 12.0 Å². The first-order valence-electron chi connectivity index (χ1n) is 6.11. The van der Waals surface area contributed by atoms with E-state index in [-0.39, 0.29) is 0 Å². The number of aromatic nitrogens is 4. The van der Waals surface area contributed by atoms with Crippen LogP contribution in [0.3, 0.4) is 0 Å². The Morgan fingerprint density at radius 2 is 1.84 bits per heavy atom. The molecule has 1 N–H and O–H groups in total. The van der Waals surface area contributed by atoms with Gasteiger partial charge in [0.05, 0.1) is 0 Å². The molecule has 19 heavy (non-hydrogen) atoms. The van der Waals surface area contributed by atoms with Gasteiger partial charge in [0.25, 0.3) is 0 Å². The molecule has 0 radical (unpaired) electrons. The van der Waals surface area contributed by atoms with Crippen molar-refractivity contribution in [1.82, 2.24) is 20.2 Å². The SMILES string of the molecule is CC(C)c1ccc(-c2nnn(C(C)C(=O)O)n2)cc1. The van der Waals surface area contributed by atoms with Gasteiger partial charge in [-0.05, 0) is 23.6 Å². The van der Waals surface area contributed by atoms with Crippen molar-refractivity contribution in [2.75, 3.05) is 0 Å². The third-order valence-corrected chi connectivity index (χ3v) is 2.97. The fraction of sp³-hybridized carbons (Fsp3) is 0.385. The maximum atomic E-state index is 10.8. The van der Waals surface area contributed by atoms with Gasteiger partial charge in [-0.15, -0.1) is 15.0 Å². The second-order valence-corrected chi connectivity index (χ2v) is 4.72. The molecule has 0 aliphatic rings. The number of carboxylic acids is 1. The molecule has 1 aromatic carbocycles. The Bertz CT molecular complexity index is 575. The van der Waals surface area contributed by atoms with Crippen LogP contribution in [0.2, 0.25) is 0 Å². The first-order valence-corrected chi connectivity index (χ1v) is 6.11. The van der Waals surface area contributed by atoms with Crippen molar-refractivity contribution >= 4 is 5.97 Å². The molecule has 0 spiro atoms. The van der Waals surface area contributed by atoms with Crippen LogP contribution in [-0.2, 0) is 4.79 Å². The van der Waals surface area contributed by atoms with Crippen LogP contribution >= 0.6 is 0 Å². The molecule has 1 unspecified atom stereocenters. The monoisotopic (exact) mass is 260 g/mol. The number of hydrogen-bond donors (Lipinski definition) is 1. The van der Waals surface area contributed by atoms with E-state index in [0.717, 1.165) is 10.4 Å². The highest BCUT2D eigenvalue weighted by molar-refractivity contribution is 5.71. The zero-order chi connectivity index (χ0) is 14.0. The smallest absolute Gasteiger partial charge is 0.330 e. The zero-order valence-electron chi connectivity index (χ0n) is 11.1. The van der Waals surface area contributed by atoms with E-state index in [9.17, 15) is 4.79 Å². The van der Waals surface area contributed by atoms with Crippen LogP contribution in [0, 0.1) is 0 Å². The van der Waals surface area contributed by atoms with E-state index in [1.807, 2.05) is 24.3 Å². The Morgan fingerprint density at radius 1 is 1.21 bits per heavy atom. The summed E-state index contributed by atoms with van der Waals surface area (Å²) in [6.45, 7) is 5.76. The number of hydrogen-bond acceptors (Lipinski definition) is 4. The Kier molecular flexibility index (Phi) is 3.59. The number of nitrogens with zero attached hydrogens (tertiary/aromatic N) is 4. The zero-order valence-corrected chi connectivity index (χ0v) is 11.1. The summed E-state index contributed by atoms with van der Waals surface area (Å²) in [5.41, 5.74) is 2.06. The lowest BCUT2D eigenvalue weighted by atomic mass is 10.0. The van der Waals surface area contributed by atoms with Crippen molar-refractivity contribution in [1.29, 1.82) is 0 Å². The van der Waals surface area contributed by atoms with Crippen LogP contribution in [0.25, 0.3) is 11.4 Å². The minimum Gasteiger partial charge on any atom is -0.480 e. The number of aliphatic carboxylic acids is 1. The van der Waals surface area contributed by atoms with E-state index in [1.165, 1.54) is 12.5 Å². The van der Waals surface area contributed by atoms with Crippen molar-refractivity contribution in [3.05, 3.63) is 29.8 Å². The largest absolute Gasteiger partial charge is 0.480 e. The molecule has 0 fully saturated rings. The molecular weight excluding hydrogens is 244 g/mol. The maximum absolute atomic E-state index is 10.8. The van der Waals surface area contributed by atoms with E-state index in [2.05, 4.69) is 29.3 Å². The van der Waals surface area contributed by atoms with Crippen LogP contribution in [0.5, 0.6) is 0 Å². The summed E-state index contributed by atoms with van der Waals surface area (Å²) in [5.74, 6) is -0.0905.